The van der Waals surface area contributed by atoms with Crippen LogP contribution in [0.5, 0.6) is 0 Å². The Kier molecular flexibility index (Phi) is 5.37. The monoisotopic (exact) mass is 426 g/mol. The summed E-state index contributed by atoms with van der Waals surface area (Å²) >= 11 is 1.51. The second-order valence-corrected chi connectivity index (χ2v) is 9.71. The first-order chi connectivity index (χ1) is 14.6. The molecule has 4 aliphatic rings. The van der Waals surface area contributed by atoms with Crippen LogP contribution in [0.2, 0.25) is 0 Å². The lowest BCUT2D eigenvalue weighted by atomic mass is 9.95. The number of hydrogen-bond acceptors (Lipinski definition) is 7. The summed E-state index contributed by atoms with van der Waals surface area (Å²) in [6.45, 7) is 4.32. The minimum Gasteiger partial charge on any atom is -0.353 e. The molecule has 0 radical (unpaired) electrons. The van der Waals surface area contributed by atoms with E-state index in [0.717, 1.165) is 24.4 Å². The number of rotatable bonds is 4. The zero-order valence-electron chi connectivity index (χ0n) is 17.6. The second kappa shape index (κ2) is 8.15. The van der Waals surface area contributed by atoms with Gasteiger partial charge in [-0.1, -0.05) is 48.4 Å². The third-order valence-electron chi connectivity index (χ3n) is 6.57. The van der Waals surface area contributed by atoms with Gasteiger partial charge < -0.3 is 15.2 Å². The largest absolute Gasteiger partial charge is 0.353 e. The van der Waals surface area contributed by atoms with E-state index in [1.165, 1.54) is 41.3 Å². The van der Waals surface area contributed by atoms with Crippen molar-refractivity contribution in [3.05, 3.63) is 47.3 Å². The molecule has 7 nitrogen and oxygen atoms in total. The fourth-order valence-electron chi connectivity index (χ4n) is 4.96. The summed E-state index contributed by atoms with van der Waals surface area (Å²) in [6.07, 6.45) is 9.91. The number of hydrazine groups is 1. The first kappa shape index (κ1) is 19.8. The van der Waals surface area contributed by atoms with Gasteiger partial charge in [0.25, 0.3) is 0 Å². The van der Waals surface area contributed by atoms with E-state index >= 15 is 0 Å². The number of amidine groups is 1. The molecule has 0 aromatic heterocycles. The van der Waals surface area contributed by atoms with Crippen molar-refractivity contribution in [2.75, 3.05) is 5.75 Å². The van der Waals surface area contributed by atoms with Crippen LogP contribution in [0.3, 0.4) is 0 Å². The molecule has 1 aromatic rings. The average molecular weight is 427 g/mol. The van der Waals surface area contributed by atoms with E-state index in [2.05, 4.69) is 75.6 Å². The van der Waals surface area contributed by atoms with Crippen LogP contribution in [-0.4, -0.2) is 45.0 Å². The number of hydrazone groups is 1. The maximum Gasteiger partial charge on any atom is 0.230 e. The van der Waals surface area contributed by atoms with Crippen LogP contribution < -0.4 is 16.2 Å². The van der Waals surface area contributed by atoms with Crippen LogP contribution in [0, 0.1) is 13.8 Å². The molecule has 160 valence electrons. The highest BCUT2D eigenvalue weighted by molar-refractivity contribution is 8.14. The van der Waals surface area contributed by atoms with Crippen molar-refractivity contribution in [1.82, 2.24) is 26.1 Å². The number of fused-ring (bicyclic) bond motifs is 3. The van der Waals surface area contributed by atoms with Crippen molar-refractivity contribution in [3.63, 3.8) is 0 Å². The highest BCUT2D eigenvalue weighted by atomic mass is 32.2. The molecule has 2 fully saturated rings. The van der Waals surface area contributed by atoms with Gasteiger partial charge in [0.2, 0.25) is 5.91 Å². The minimum atomic E-state index is 0.0815. The normalized spacial score (nSPS) is 27.7. The minimum absolute atomic E-state index is 0.0815. The lowest BCUT2D eigenvalue weighted by Gasteiger charge is -2.36. The van der Waals surface area contributed by atoms with Gasteiger partial charge in [-0.3, -0.25) is 10.2 Å². The Balaban J connectivity index is 1.20. The fraction of sp³-hybridized carbons (Fsp3) is 0.545. The molecule has 1 saturated heterocycles. The maximum atomic E-state index is 12.3. The van der Waals surface area contributed by atoms with Crippen molar-refractivity contribution < 1.29 is 4.79 Å². The molecule has 3 unspecified atom stereocenters. The molecule has 3 atom stereocenters. The number of carbonyl (C=O) groups excluding carboxylic acids is 1. The zero-order valence-corrected chi connectivity index (χ0v) is 18.4. The third-order valence-corrected chi connectivity index (χ3v) is 7.53. The summed E-state index contributed by atoms with van der Waals surface area (Å²) in [5, 5.41) is 10.8. The van der Waals surface area contributed by atoms with Crippen molar-refractivity contribution in [2.24, 2.45) is 5.10 Å². The number of aryl methyl sites for hydroxylation is 2. The Morgan fingerprint density at radius 1 is 1.27 bits per heavy atom. The van der Waals surface area contributed by atoms with Gasteiger partial charge in [0.1, 0.15) is 6.17 Å². The van der Waals surface area contributed by atoms with Gasteiger partial charge in [-0.05, 0) is 44.2 Å². The van der Waals surface area contributed by atoms with Crippen LogP contribution in [0.15, 0.2) is 35.7 Å². The lowest BCUT2D eigenvalue weighted by Crippen LogP contribution is -2.54. The first-order valence-electron chi connectivity index (χ1n) is 10.9. The number of thioether (sulfide) groups is 1. The number of amides is 1. The fourth-order valence-corrected chi connectivity index (χ4v) is 5.74. The molecular weight excluding hydrogens is 396 g/mol. The molecule has 3 heterocycles. The van der Waals surface area contributed by atoms with E-state index in [1.807, 2.05) is 0 Å². The zero-order chi connectivity index (χ0) is 20.7. The van der Waals surface area contributed by atoms with Gasteiger partial charge in [-0.15, -0.1) is 0 Å². The second-order valence-electron chi connectivity index (χ2n) is 8.76. The summed E-state index contributed by atoms with van der Waals surface area (Å²) in [5.74, 6) is 0.518. The number of nitrogens with zero attached hydrogens (tertiary/aromatic N) is 3. The Hall–Kier alpha value is -2.19. The van der Waals surface area contributed by atoms with E-state index in [1.54, 1.807) is 0 Å². The van der Waals surface area contributed by atoms with E-state index in [4.69, 9.17) is 0 Å². The molecule has 0 bridgehead atoms. The van der Waals surface area contributed by atoms with Crippen LogP contribution in [0.25, 0.3) is 0 Å². The van der Waals surface area contributed by atoms with Crippen LogP contribution >= 0.6 is 11.8 Å². The molecule has 0 spiro atoms. The highest BCUT2D eigenvalue weighted by Gasteiger charge is 2.44. The van der Waals surface area contributed by atoms with E-state index in [0.29, 0.717) is 11.8 Å². The van der Waals surface area contributed by atoms with E-state index in [-0.39, 0.29) is 24.2 Å². The SMILES string of the molecule is Cc1ccc(C)c(C2CC3C4NN=C(SCC(=O)NC5CCCC5)N4C=CN3N2)c1. The standard InChI is InChI=1S/C22H30N6OS/c1-14-7-8-15(2)17(11-14)18-12-19-21-24-25-22(27(21)9-10-28(19)26-18)30-13-20(29)23-16-5-3-4-6-16/h7-11,16,18-19,21,24,26H,3-6,12-13H2,1-2H3,(H,23,29). The van der Waals surface area contributed by atoms with Gasteiger partial charge >= 0.3 is 0 Å². The topological polar surface area (TPSA) is 72.0 Å². The molecule has 1 amide bonds. The predicted molar refractivity (Wildman–Crippen MR) is 120 cm³/mol. The molecule has 3 aliphatic heterocycles. The van der Waals surface area contributed by atoms with Crippen LogP contribution in [-0.2, 0) is 4.79 Å². The molecular formula is C22H30N6OS. The first-order valence-corrected chi connectivity index (χ1v) is 11.9. The van der Waals surface area contributed by atoms with E-state index < -0.39 is 0 Å². The van der Waals surface area contributed by atoms with Crippen molar-refractivity contribution in [1.29, 1.82) is 0 Å². The molecule has 1 saturated carbocycles. The quantitative estimate of drug-likeness (QED) is 0.688. The van der Waals surface area contributed by atoms with Crippen molar-refractivity contribution >= 4 is 22.8 Å². The summed E-state index contributed by atoms with van der Waals surface area (Å²) in [4.78, 5) is 14.5. The van der Waals surface area contributed by atoms with Gasteiger partial charge in [-0.2, -0.15) is 5.10 Å². The van der Waals surface area contributed by atoms with E-state index in [9.17, 15) is 4.79 Å². The van der Waals surface area contributed by atoms with Gasteiger partial charge in [-0.25, -0.2) is 5.43 Å². The maximum absolute atomic E-state index is 12.3. The van der Waals surface area contributed by atoms with Gasteiger partial charge in [0.05, 0.1) is 17.8 Å². The average Bonchev–Trinajstić information content (AvgIpc) is 3.46. The number of carbonyl (C=O) groups is 1. The molecule has 5 rings (SSSR count). The molecule has 3 N–H and O–H groups in total. The van der Waals surface area contributed by atoms with Crippen LogP contribution in [0.1, 0.15) is 54.8 Å². The molecule has 1 aromatic carbocycles. The van der Waals surface area contributed by atoms with Gasteiger partial charge in [0, 0.05) is 18.4 Å². The summed E-state index contributed by atoms with van der Waals surface area (Å²) in [6, 6.07) is 7.58. The van der Waals surface area contributed by atoms with Gasteiger partial charge in [0.15, 0.2) is 5.17 Å². The Morgan fingerprint density at radius 2 is 2.10 bits per heavy atom. The number of nitrogens with one attached hydrogen (secondary N) is 3. The third kappa shape index (κ3) is 3.78. The summed E-state index contributed by atoms with van der Waals surface area (Å²) < 4.78 is 0. The Morgan fingerprint density at radius 3 is 2.93 bits per heavy atom. The smallest absolute Gasteiger partial charge is 0.230 e. The molecule has 1 aliphatic carbocycles. The summed E-state index contributed by atoms with van der Waals surface area (Å²) in [5.41, 5.74) is 10.9. The predicted octanol–water partition coefficient (Wildman–Crippen LogP) is 2.70. The van der Waals surface area contributed by atoms with Crippen molar-refractivity contribution in [3.8, 4) is 0 Å². The van der Waals surface area contributed by atoms with Crippen molar-refractivity contribution in [2.45, 2.75) is 70.2 Å². The number of hydrogen-bond donors (Lipinski definition) is 3. The van der Waals surface area contributed by atoms with Crippen LogP contribution in [0.4, 0.5) is 0 Å². The molecule has 8 heteroatoms. The number of benzene rings is 1. The Bertz CT molecular complexity index is 880. The lowest BCUT2D eigenvalue weighted by molar-refractivity contribution is -0.119. The summed E-state index contributed by atoms with van der Waals surface area (Å²) in [7, 11) is 0. The highest BCUT2D eigenvalue weighted by Crippen LogP contribution is 2.36. The Labute approximate surface area is 182 Å². The molecule has 30 heavy (non-hydrogen) atoms.